The van der Waals surface area contributed by atoms with Gasteiger partial charge in [-0.1, -0.05) is 31.0 Å². The van der Waals surface area contributed by atoms with Gasteiger partial charge in [-0.15, -0.1) is 0 Å². The molecule has 0 unspecified atom stereocenters. The highest BCUT2D eigenvalue weighted by molar-refractivity contribution is 6.05. The molecule has 3 rings (SSSR count). The van der Waals surface area contributed by atoms with E-state index in [9.17, 15) is 9.59 Å². The molecule has 0 aromatic heterocycles. The van der Waals surface area contributed by atoms with E-state index in [1.807, 2.05) is 32.0 Å². The van der Waals surface area contributed by atoms with E-state index in [0.29, 0.717) is 41.7 Å². The summed E-state index contributed by atoms with van der Waals surface area (Å²) in [5.41, 5.74) is 1.61. The first-order valence-electron chi connectivity index (χ1n) is 10.2. The summed E-state index contributed by atoms with van der Waals surface area (Å²) in [5.74, 6) is 0.800. The first-order chi connectivity index (χ1) is 14.1. The van der Waals surface area contributed by atoms with E-state index in [0.717, 1.165) is 25.7 Å². The zero-order valence-corrected chi connectivity index (χ0v) is 17.0. The fourth-order valence-electron chi connectivity index (χ4n) is 3.51. The minimum Gasteiger partial charge on any atom is -0.492 e. The Morgan fingerprint density at radius 1 is 0.897 bits per heavy atom. The van der Waals surface area contributed by atoms with Crippen molar-refractivity contribution in [2.24, 2.45) is 5.92 Å². The van der Waals surface area contributed by atoms with Crippen LogP contribution in [0.5, 0.6) is 11.5 Å². The lowest BCUT2D eigenvalue weighted by Gasteiger charge is -2.19. The first-order valence-corrected chi connectivity index (χ1v) is 10.2. The van der Waals surface area contributed by atoms with Crippen LogP contribution in [0, 0.1) is 5.92 Å². The zero-order chi connectivity index (χ0) is 20.6. The summed E-state index contributed by atoms with van der Waals surface area (Å²) >= 11 is 0. The van der Waals surface area contributed by atoms with Crippen LogP contribution in [0.2, 0.25) is 0 Å². The molecule has 2 N–H and O–H groups in total. The molecule has 1 aliphatic carbocycles. The van der Waals surface area contributed by atoms with Gasteiger partial charge in [0.15, 0.2) is 0 Å². The molecule has 0 bridgehead atoms. The Bertz CT molecular complexity index is 845. The predicted octanol–water partition coefficient (Wildman–Crippen LogP) is 4.87. The summed E-state index contributed by atoms with van der Waals surface area (Å²) in [6.45, 7) is 4.61. The highest BCUT2D eigenvalue weighted by Crippen LogP contribution is 2.38. The molecule has 6 nitrogen and oxygen atoms in total. The Labute approximate surface area is 171 Å². The van der Waals surface area contributed by atoms with E-state index < -0.39 is 0 Å². The monoisotopic (exact) mass is 396 g/mol. The van der Waals surface area contributed by atoms with E-state index in [1.54, 1.807) is 24.3 Å². The summed E-state index contributed by atoms with van der Waals surface area (Å²) in [4.78, 5) is 25.2. The molecule has 0 heterocycles. The maximum Gasteiger partial charge on any atom is 0.255 e. The highest BCUT2D eigenvalue weighted by Gasteiger charge is 2.24. The Hall–Kier alpha value is -3.02. The molecular formula is C23H28N2O4. The number of carbonyl (C=O) groups is 2. The van der Waals surface area contributed by atoms with Crippen molar-refractivity contribution in [1.29, 1.82) is 0 Å². The van der Waals surface area contributed by atoms with Crippen molar-refractivity contribution in [3.63, 3.8) is 0 Å². The molecule has 0 spiro atoms. The van der Waals surface area contributed by atoms with Crippen molar-refractivity contribution >= 4 is 23.2 Å². The van der Waals surface area contributed by atoms with Gasteiger partial charge in [-0.3, -0.25) is 9.59 Å². The summed E-state index contributed by atoms with van der Waals surface area (Å²) < 4.78 is 11.5. The van der Waals surface area contributed by atoms with E-state index in [2.05, 4.69) is 10.6 Å². The number of ether oxygens (including phenoxy) is 2. The molecule has 2 aromatic carbocycles. The molecule has 2 amide bonds. The average Bonchev–Trinajstić information content (AvgIpc) is 3.27. The Balaban J connectivity index is 1.88. The van der Waals surface area contributed by atoms with Gasteiger partial charge in [-0.05, 0) is 38.8 Å². The van der Waals surface area contributed by atoms with Crippen LogP contribution in [0.4, 0.5) is 11.4 Å². The van der Waals surface area contributed by atoms with Gasteiger partial charge >= 0.3 is 0 Å². The van der Waals surface area contributed by atoms with Crippen LogP contribution in [0.25, 0.3) is 0 Å². The SMILES string of the molecule is CCOc1cc(NC(=O)C2CCCC2)c(OCC)cc1NC(=O)c1ccccc1. The second-order valence-electron chi connectivity index (χ2n) is 7.00. The average molecular weight is 396 g/mol. The minimum absolute atomic E-state index is 0.00646. The van der Waals surface area contributed by atoms with Crippen LogP contribution >= 0.6 is 0 Å². The summed E-state index contributed by atoms with van der Waals surface area (Å²) in [6, 6.07) is 12.4. The second kappa shape index (κ2) is 9.96. The van der Waals surface area contributed by atoms with Gasteiger partial charge in [0.1, 0.15) is 11.5 Å². The largest absolute Gasteiger partial charge is 0.492 e. The van der Waals surface area contributed by atoms with Crippen molar-refractivity contribution in [2.45, 2.75) is 39.5 Å². The Morgan fingerprint density at radius 3 is 2.00 bits per heavy atom. The summed E-state index contributed by atoms with van der Waals surface area (Å²) in [6.07, 6.45) is 4.01. The van der Waals surface area contributed by atoms with Crippen molar-refractivity contribution in [3.05, 3.63) is 48.0 Å². The first kappa shape index (κ1) is 20.7. The Kier molecular flexibility index (Phi) is 7.11. The lowest BCUT2D eigenvalue weighted by molar-refractivity contribution is -0.119. The molecule has 6 heteroatoms. The van der Waals surface area contributed by atoms with Crippen molar-refractivity contribution in [3.8, 4) is 11.5 Å². The van der Waals surface area contributed by atoms with Gasteiger partial charge in [0, 0.05) is 23.6 Å². The van der Waals surface area contributed by atoms with Gasteiger partial charge < -0.3 is 20.1 Å². The summed E-state index contributed by atoms with van der Waals surface area (Å²) in [5, 5.41) is 5.88. The zero-order valence-electron chi connectivity index (χ0n) is 17.0. The molecule has 0 atom stereocenters. The molecule has 1 aliphatic rings. The number of hydrogen-bond acceptors (Lipinski definition) is 4. The predicted molar refractivity (Wildman–Crippen MR) is 114 cm³/mol. The van der Waals surface area contributed by atoms with Crippen LogP contribution in [0.15, 0.2) is 42.5 Å². The number of carbonyl (C=O) groups excluding carboxylic acids is 2. The highest BCUT2D eigenvalue weighted by atomic mass is 16.5. The Morgan fingerprint density at radius 2 is 1.45 bits per heavy atom. The third kappa shape index (κ3) is 5.28. The fourth-order valence-corrected chi connectivity index (χ4v) is 3.51. The van der Waals surface area contributed by atoms with Crippen molar-refractivity contribution < 1.29 is 19.1 Å². The maximum atomic E-state index is 12.6. The van der Waals surface area contributed by atoms with Crippen LogP contribution in [-0.2, 0) is 4.79 Å². The molecule has 154 valence electrons. The molecule has 0 aliphatic heterocycles. The van der Waals surface area contributed by atoms with Crippen molar-refractivity contribution in [2.75, 3.05) is 23.8 Å². The minimum atomic E-state index is -0.239. The number of rotatable bonds is 8. The molecule has 29 heavy (non-hydrogen) atoms. The third-order valence-electron chi connectivity index (χ3n) is 4.95. The van der Waals surface area contributed by atoms with Gasteiger partial charge in [0.2, 0.25) is 5.91 Å². The molecule has 0 radical (unpaired) electrons. The number of hydrogen-bond donors (Lipinski definition) is 2. The number of benzene rings is 2. The second-order valence-corrected chi connectivity index (χ2v) is 7.00. The van der Waals surface area contributed by atoms with E-state index in [1.165, 1.54) is 0 Å². The van der Waals surface area contributed by atoms with Crippen LogP contribution in [0.3, 0.4) is 0 Å². The fraction of sp³-hybridized carbons (Fsp3) is 0.391. The van der Waals surface area contributed by atoms with Gasteiger partial charge in [0.25, 0.3) is 5.91 Å². The van der Waals surface area contributed by atoms with Crippen LogP contribution in [-0.4, -0.2) is 25.0 Å². The topological polar surface area (TPSA) is 76.7 Å². The van der Waals surface area contributed by atoms with E-state index in [4.69, 9.17) is 9.47 Å². The molecule has 2 aromatic rings. The van der Waals surface area contributed by atoms with Crippen LogP contribution < -0.4 is 20.1 Å². The number of anilines is 2. The van der Waals surface area contributed by atoms with Crippen LogP contribution in [0.1, 0.15) is 49.9 Å². The lowest BCUT2D eigenvalue weighted by atomic mass is 10.1. The van der Waals surface area contributed by atoms with Crippen molar-refractivity contribution in [1.82, 2.24) is 0 Å². The standard InChI is InChI=1S/C23H28N2O4/c1-3-28-20-15-19(25-23(27)17-12-8-9-13-17)21(29-4-2)14-18(20)24-22(26)16-10-6-5-7-11-16/h5-7,10-11,14-15,17H,3-4,8-9,12-13H2,1-2H3,(H,24,26)(H,25,27). The van der Waals surface area contributed by atoms with Gasteiger partial charge in [-0.2, -0.15) is 0 Å². The maximum absolute atomic E-state index is 12.6. The molecule has 0 saturated heterocycles. The van der Waals surface area contributed by atoms with E-state index >= 15 is 0 Å². The van der Waals surface area contributed by atoms with Gasteiger partial charge in [0.05, 0.1) is 24.6 Å². The third-order valence-corrected chi connectivity index (χ3v) is 4.95. The number of nitrogens with one attached hydrogen (secondary N) is 2. The summed E-state index contributed by atoms with van der Waals surface area (Å²) in [7, 11) is 0. The number of amides is 2. The smallest absolute Gasteiger partial charge is 0.255 e. The molecule has 1 saturated carbocycles. The van der Waals surface area contributed by atoms with Gasteiger partial charge in [-0.25, -0.2) is 0 Å². The van der Waals surface area contributed by atoms with E-state index in [-0.39, 0.29) is 17.7 Å². The molecule has 1 fully saturated rings. The quantitative estimate of drug-likeness (QED) is 0.668. The molecular weight excluding hydrogens is 368 g/mol. The normalized spacial score (nSPS) is 13.7. The lowest BCUT2D eigenvalue weighted by Crippen LogP contribution is -2.21.